The number of ether oxygens (including phenoxy) is 2. The summed E-state index contributed by atoms with van der Waals surface area (Å²) < 4.78 is 60.7. The molecule has 1 saturated heterocycles. The number of piperidine rings is 1. The minimum Gasteiger partial charge on any atom is -0.492 e. The van der Waals surface area contributed by atoms with E-state index in [-0.39, 0.29) is 43.8 Å². The van der Waals surface area contributed by atoms with E-state index in [0.717, 1.165) is 65.1 Å². The third kappa shape index (κ3) is 11.3. The molecular formula is C46H48F3N7O5. The standard InChI is InChI=1S/C46H48F3N7O5/c1-31-45(32(2)61-53-31)34-12-17-44(58)55(28-34)27-33-7-4-9-39(25-33)60-29-43(57)51-21-24-59-38-15-13-35(14-16-38)50-20-6-8-37-26-40-41(52-36-18-22-54(3)23-19-36)10-5-11-42(40)56(37)30-46(47,48)49/h4-5,7,9-17,25-26,28,36,50,52H,18-24,27,29-30H2,1-3H3,(H,51,57). The zero-order valence-electron chi connectivity index (χ0n) is 34.3. The molecule has 15 heteroatoms. The molecule has 0 bridgehead atoms. The number of pyridine rings is 1. The Labute approximate surface area is 351 Å². The largest absolute Gasteiger partial charge is 0.492 e. The third-order valence-electron chi connectivity index (χ3n) is 10.4. The Kier molecular flexibility index (Phi) is 13.3. The quantitative estimate of drug-likeness (QED) is 0.0726. The fraction of sp³-hybridized carbons (Fsp3) is 0.326. The van der Waals surface area contributed by atoms with Crippen molar-refractivity contribution in [2.45, 2.75) is 52.0 Å². The predicted octanol–water partition coefficient (Wildman–Crippen LogP) is 7.23. The summed E-state index contributed by atoms with van der Waals surface area (Å²) in [6, 6.07) is 25.1. The third-order valence-corrected chi connectivity index (χ3v) is 10.4. The van der Waals surface area contributed by atoms with Crippen LogP contribution >= 0.6 is 0 Å². The maximum atomic E-state index is 13.7. The molecule has 7 rings (SSSR count). The van der Waals surface area contributed by atoms with E-state index in [2.05, 4.69) is 44.9 Å². The van der Waals surface area contributed by atoms with E-state index in [4.69, 9.17) is 14.0 Å². The van der Waals surface area contributed by atoms with E-state index in [1.165, 1.54) is 10.6 Å². The topological polar surface area (TPSA) is 128 Å². The van der Waals surface area contributed by atoms with E-state index < -0.39 is 12.7 Å². The second-order valence-corrected chi connectivity index (χ2v) is 15.1. The van der Waals surface area contributed by atoms with E-state index in [1.807, 2.05) is 38.1 Å². The Hall–Kier alpha value is -6.66. The predicted molar refractivity (Wildman–Crippen MR) is 229 cm³/mol. The van der Waals surface area contributed by atoms with Gasteiger partial charge in [-0.1, -0.05) is 29.3 Å². The van der Waals surface area contributed by atoms with Crippen molar-refractivity contribution in [2.75, 3.05) is 57.1 Å². The molecule has 61 heavy (non-hydrogen) atoms. The van der Waals surface area contributed by atoms with Gasteiger partial charge in [0.15, 0.2) is 6.61 Å². The zero-order chi connectivity index (χ0) is 42.9. The molecule has 1 aliphatic heterocycles. The maximum Gasteiger partial charge on any atom is 0.406 e. The normalized spacial score (nSPS) is 13.4. The van der Waals surface area contributed by atoms with Crippen molar-refractivity contribution in [2.24, 2.45) is 0 Å². The van der Waals surface area contributed by atoms with Crippen molar-refractivity contribution in [3.8, 4) is 34.5 Å². The van der Waals surface area contributed by atoms with Crippen LogP contribution in [0.3, 0.4) is 0 Å². The van der Waals surface area contributed by atoms with Crippen LogP contribution in [-0.2, 0) is 17.9 Å². The summed E-state index contributed by atoms with van der Waals surface area (Å²) >= 11 is 0. The SMILES string of the molecule is Cc1noc(C)c1-c1ccc(=O)n(Cc2cccc(OCC(=O)NCCOc3ccc(NCC#Cc4cc5c(NC6CCN(C)CC6)cccc5n4CC(F)(F)F)cc3)c2)c1. The number of nitrogens with one attached hydrogen (secondary N) is 3. The molecule has 12 nitrogen and oxygen atoms in total. The average Bonchev–Trinajstić information content (AvgIpc) is 3.76. The number of amides is 1. The van der Waals surface area contributed by atoms with Crippen LogP contribution in [0.2, 0.25) is 0 Å². The van der Waals surface area contributed by atoms with Gasteiger partial charge in [0, 0.05) is 46.2 Å². The van der Waals surface area contributed by atoms with Crippen LogP contribution in [-0.4, -0.2) is 83.8 Å². The molecule has 1 amide bonds. The van der Waals surface area contributed by atoms with Gasteiger partial charge in [-0.3, -0.25) is 9.59 Å². The highest BCUT2D eigenvalue weighted by Gasteiger charge is 2.30. The van der Waals surface area contributed by atoms with Crippen molar-refractivity contribution in [3.63, 3.8) is 0 Å². The number of carbonyl (C=O) groups excluding carboxylic acids is 1. The monoisotopic (exact) mass is 835 g/mol. The number of likely N-dealkylation sites (tertiary alicyclic amines) is 1. The Morgan fingerprint density at radius 3 is 2.51 bits per heavy atom. The number of hydrogen-bond acceptors (Lipinski definition) is 9. The Morgan fingerprint density at radius 1 is 0.967 bits per heavy atom. The Balaban J connectivity index is 0.854. The van der Waals surface area contributed by atoms with Gasteiger partial charge >= 0.3 is 6.18 Å². The lowest BCUT2D eigenvalue weighted by Gasteiger charge is -2.30. The van der Waals surface area contributed by atoms with Crippen molar-refractivity contribution in [1.82, 2.24) is 24.5 Å². The lowest BCUT2D eigenvalue weighted by molar-refractivity contribution is -0.140. The molecule has 0 aliphatic carbocycles. The molecule has 3 aromatic carbocycles. The molecule has 0 saturated carbocycles. The minimum atomic E-state index is -4.41. The first-order chi connectivity index (χ1) is 29.4. The van der Waals surface area contributed by atoms with Gasteiger partial charge in [-0.25, -0.2) is 0 Å². The van der Waals surface area contributed by atoms with Crippen molar-refractivity contribution >= 4 is 28.2 Å². The van der Waals surface area contributed by atoms with Crippen molar-refractivity contribution in [3.05, 3.63) is 124 Å². The van der Waals surface area contributed by atoms with E-state index in [0.29, 0.717) is 35.0 Å². The Bertz CT molecular complexity index is 2560. The molecular weight excluding hydrogens is 788 g/mol. The summed E-state index contributed by atoms with van der Waals surface area (Å²) in [5.74, 6) is 7.38. The van der Waals surface area contributed by atoms with Gasteiger partial charge in [0.1, 0.15) is 30.4 Å². The van der Waals surface area contributed by atoms with Crippen LogP contribution < -0.4 is 31.0 Å². The molecule has 3 N–H and O–H groups in total. The zero-order valence-corrected chi connectivity index (χ0v) is 34.3. The number of rotatable bonds is 15. The Morgan fingerprint density at radius 2 is 1.75 bits per heavy atom. The summed E-state index contributed by atoms with van der Waals surface area (Å²) in [7, 11) is 2.09. The van der Waals surface area contributed by atoms with Gasteiger partial charge in [-0.05, 0) is 119 Å². The molecule has 0 radical (unpaired) electrons. The first-order valence-electron chi connectivity index (χ1n) is 20.1. The number of benzene rings is 3. The highest BCUT2D eigenvalue weighted by Crippen LogP contribution is 2.32. The van der Waals surface area contributed by atoms with Crippen LogP contribution in [0.25, 0.3) is 22.0 Å². The lowest BCUT2D eigenvalue weighted by Crippen LogP contribution is -2.36. The van der Waals surface area contributed by atoms with Crippen LogP contribution in [0, 0.1) is 25.7 Å². The average molecular weight is 836 g/mol. The minimum absolute atomic E-state index is 0.157. The number of alkyl halides is 3. The molecule has 6 aromatic rings. The van der Waals surface area contributed by atoms with Gasteiger partial charge in [-0.2, -0.15) is 13.2 Å². The van der Waals surface area contributed by atoms with Gasteiger partial charge in [0.05, 0.1) is 36.5 Å². The van der Waals surface area contributed by atoms with Crippen LogP contribution in [0.4, 0.5) is 24.5 Å². The van der Waals surface area contributed by atoms with Crippen molar-refractivity contribution in [1.29, 1.82) is 0 Å². The van der Waals surface area contributed by atoms with Crippen LogP contribution in [0.5, 0.6) is 11.5 Å². The van der Waals surface area contributed by atoms with Gasteiger partial charge in [0.2, 0.25) is 0 Å². The summed E-state index contributed by atoms with van der Waals surface area (Å²) in [5.41, 5.74) is 5.46. The molecule has 318 valence electrons. The fourth-order valence-corrected chi connectivity index (χ4v) is 7.37. The highest BCUT2D eigenvalue weighted by molar-refractivity contribution is 5.94. The number of nitrogens with zero attached hydrogens (tertiary/aromatic N) is 4. The summed E-state index contributed by atoms with van der Waals surface area (Å²) in [5, 5.41) is 14.3. The van der Waals surface area contributed by atoms with Crippen LogP contribution in [0.1, 0.15) is 35.6 Å². The fourth-order valence-electron chi connectivity index (χ4n) is 7.37. The van der Waals surface area contributed by atoms with E-state index in [9.17, 15) is 22.8 Å². The smallest absolute Gasteiger partial charge is 0.406 e. The molecule has 1 fully saturated rings. The molecule has 4 heterocycles. The van der Waals surface area contributed by atoms with Crippen LogP contribution in [0.15, 0.2) is 100 Å². The van der Waals surface area contributed by atoms with Gasteiger partial charge in [0.25, 0.3) is 11.5 Å². The molecule has 3 aromatic heterocycles. The number of halogens is 3. The number of aryl methyl sites for hydroxylation is 2. The molecule has 0 spiro atoms. The number of fused-ring (bicyclic) bond motifs is 1. The maximum absolute atomic E-state index is 13.7. The number of anilines is 2. The number of aromatic nitrogens is 3. The van der Waals surface area contributed by atoms with Gasteiger partial charge < -0.3 is 44.0 Å². The number of carbonyl (C=O) groups is 1. The lowest BCUT2D eigenvalue weighted by atomic mass is 10.0. The summed E-state index contributed by atoms with van der Waals surface area (Å²) in [4.78, 5) is 27.4. The number of hydrogen-bond donors (Lipinski definition) is 3. The second kappa shape index (κ2) is 19.2. The first kappa shape index (κ1) is 42.5. The molecule has 1 aliphatic rings. The second-order valence-electron chi connectivity index (χ2n) is 15.1. The van der Waals surface area contributed by atoms with E-state index >= 15 is 0 Å². The van der Waals surface area contributed by atoms with Crippen molar-refractivity contribution < 1.29 is 32.0 Å². The molecule has 0 unspecified atom stereocenters. The summed E-state index contributed by atoms with van der Waals surface area (Å²) in [6.45, 7) is 5.29. The van der Waals surface area contributed by atoms with Gasteiger partial charge in [-0.15, -0.1) is 0 Å². The molecule has 0 atom stereocenters. The van der Waals surface area contributed by atoms with E-state index in [1.54, 1.807) is 65.4 Å². The first-order valence-corrected chi connectivity index (χ1v) is 20.1. The summed E-state index contributed by atoms with van der Waals surface area (Å²) in [6.07, 6.45) is -0.702. The highest BCUT2D eigenvalue weighted by atomic mass is 19.4.